The van der Waals surface area contributed by atoms with Crippen LogP contribution in [0.2, 0.25) is 0 Å². The van der Waals surface area contributed by atoms with Gasteiger partial charge in [0.1, 0.15) is 5.69 Å². The molecule has 5 heteroatoms. The van der Waals surface area contributed by atoms with Gasteiger partial charge in [0.2, 0.25) is 0 Å². The van der Waals surface area contributed by atoms with Gasteiger partial charge in [-0.15, -0.1) is 0 Å². The summed E-state index contributed by atoms with van der Waals surface area (Å²) in [6.07, 6.45) is 2.00. The highest BCUT2D eigenvalue weighted by Gasteiger charge is 2.07. The van der Waals surface area contributed by atoms with Crippen molar-refractivity contribution in [3.63, 3.8) is 0 Å². The lowest BCUT2D eigenvalue weighted by Gasteiger charge is -2.06. The third kappa shape index (κ3) is 4.05. The number of nitriles is 1. The molecule has 21 heavy (non-hydrogen) atoms. The Hall–Kier alpha value is -2.87. The van der Waals surface area contributed by atoms with Crippen LogP contribution in [0.25, 0.3) is 0 Å². The Balaban J connectivity index is 2.02. The Kier molecular flexibility index (Phi) is 4.89. The van der Waals surface area contributed by atoms with E-state index in [9.17, 15) is 4.79 Å². The van der Waals surface area contributed by atoms with E-state index in [1.807, 2.05) is 25.1 Å². The van der Waals surface area contributed by atoms with Crippen molar-refractivity contribution >= 4 is 17.3 Å². The number of carbonyl (C=O) groups is 1. The quantitative estimate of drug-likeness (QED) is 0.882. The van der Waals surface area contributed by atoms with Gasteiger partial charge in [0.05, 0.1) is 24.4 Å². The zero-order chi connectivity index (χ0) is 15.1. The van der Waals surface area contributed by atoms with Crippen molar-refractivity contribution < 1.29 is 4.79 Å². The predicted molar refractivity (Wildman–Crippen MR) is 82.1 cm³/mol. The minimum Gasteiger partial charge on any atom is -0.384 e. The maximum Gasteiger partial charge on any atom is 0.274 e. The first-order valence-electron chi connectivity index (χ1n) is 6.70. The molecular weight excluding hydrogens is 264 g/mol. The predicted octanol–water partition coefficient (Wildman–Crippen LogP) is 2.83. The molecule has 2 aromatic rings. The van der Waals surface area contributed by atoms with Crippen LogP contribution in [0, 0.1) is 11.3 Å². The van der Waals surface area contributed by atoms with Gasteiger partial charge in [0, 0.05) is 12.2 Å². The van der Waals surface area contributed by atoms with E-state index < -0.39 is 0 Å². The first kappa shape index (κ1) is 14.5. The van der Waals surface area contributed by atoms with Crippen LogP contribution in [0.15, 0.2) is 42.6 Å². The normalized spacial score (nSPS) is 9.71. The second-order valence-corrected chi connectivity index (χ2v) is 4.45. The standard InChI is InChI=1S/C16H16N4O/c1-2-18-14-7-8-15(19-11-14)16(21)20-13-5-3-12(4-6-13)9-10-17/h3-8,11,18H,2,9H2,1H3,(H,20,21). The zero-order valence-corrected chi connectivity index (χ0v) is 11.8. The molecule has 106 valence electrons. The molecule has 5 nitrogen and oxygen atoms in total. The summed E-state index contributed by atoms with van der Waals surface area (Å²) in [7, 11) is 0. The summed E-state index contributed by atoms with van der Waals surface area (Å²) in [4.78, 5) is 16.2. The number of amides is 1. The fourth-order valence-corrected chi connectivity index (χ4v) is 1.83. The van der Waals surface area contributed by atoms with E-state index in [1.165, 1.54) is 0 Å². The van der Waals surface area contributed by atoms with E-state index in [0.29, 0.717) is 17.8 Å². The van der Waals surface area contributed by atoms with Crippen LogP contribution in [0.4, 0.5) is 11.4 Å². The van der Waals surface area contributed by atoms with E-state index in [2.05, 4.69) is 21.7 Å². The molecule has 0 saturated heterocycles. The number of hydrogen-bond donors (Lipinski definition) is 2. The lowest BCUT2D eigenvalue weighted by molar-refractivity contribution is 0.102. The Labute approximate surface area is 123 Å². The molecule has 0 unspecified atom stereocenters. The Morgan fingerprint density at radius 3 is 2.48 bits per heavy atom. The average molecular weight is 280 g/mol. The molecular formula is C16H16N4O. The number of carbonyl (C=O) groups excluding carboxylic acids is 1. The number of benzene rings is 1. The van der Waals surface area contributed by atoms with Crippen LogP contribution in [0.1, 0.15) is 23.0 Å². The van der Waals surface area contributed by atoms with Crippen molar-refractivity contribution in [2.24, 2.45) is 0 Å². The molecule has 0 spiro atoms. The topological polar surface area (TPSA) is 77.8 Å². The molecule has 0 saturated carbocycles. The summed E-state index contributed by atoms with van der Waals surface area (Å²) in [5.74, 6) is -0.258. The van der Waals surface area contributed by atoms with Crippen molar-refractivity contribution in [3.8, 4) is 6.07 Å². The zero-order valence-electron chi connectivity index (χ0n) is 11.8. The largest absolute Gasteiger partial charge is 0.384 e. The van der Waals surface area contributed by atoms with Gasteiger partial charge in [0.25, 0.3) is 5.91 Å². The van der Waals surface area contributed by atoms with E-state index >= 15 is 0 Å². The van der Waals surface area contributed by atoms with Crippen LogP contribution in [0.3, 0.4) is 0 Å². The number of hydrogen-bond acceptors (Lipinski definition) is 4. The van der Waals surface area contributed by atoms with Gasteiger partial charge < -0.3 is 10.6 Å². The van der Waals surface area contributed by atoms with Gasteiger partial charge in [-0.1, -0.05) is 12.1 Å². The lowest BCUT2D eigenvalue weighted by Crippen LogP contribution is -2.13. The maximum atomic E-state index is 12.0. The molecule has 2 rings (SSSR count). The molecule has 1 aromatic carbocycles. The molecule has 1 heterocycles. The molecule has 1 aromatic heterocycles. The minimum absolute atomic E-state index is 0.258. The summed E-state index contributed by atoms with van der Waals surface area (Å²) < 4.78 is 0. The molecule has 0 aliphatic carbocycles. The highest BCUT2D eigenvalue weighted by Crippen LogP contribution is 2.12. The van der Waals surface area contributed by atoms with Crippen LogP contribution in [-0.4, -0.2) is 17.4 Å². The first-order chi connectivity index (χ1) is 10.2. The van der Waals surface area contributed by atoms with Crippen LogP contribution < -0.4 is 10.6 Å². The first-order valence-corrected chi connectivity index (χ1v) is 6.70. The van der Waals surface area contributed by atoms with Gasteiger partial charge in [-0.3, -0.25) is 4.79 Å². The van der Waals surface area contributed by atoms with Crippen LogP contribution >= 0.6 is 0 Å². The monoisotopic (exact) mass is 280 g/mol. The fourth-order valence-electron chi connectivity index (χ4n) is 1.83. The summed E-state index contributed by atoms with van der Waals surface area (Å²) in [6, 6.07) is 12.8. The van der Waals surface area contributed by atoms with E-state index in [4.69, 9.17) is 5.26 Å². The molecule has 1 amide bonds. The summed E-state index contributed by atoms with van der Waals surface area (Å²) in [5, 5.41) is 14.5. The lowest BCUT2D eigenvalue weighted by atomic mass is 10.1. The second kappa shape index (κ2) is 7.06. The van der Waals surface area contributed by atoms with Gasteiger partial charge in [-0.25, -0.2) is 4.98 Å². The molecule has 0 aliphatic rings. The van der Waals surface area contributed by atoms with Crippen LogP contribution in [-0.2, 0) is 6.42 Å². The molecule has 0 radical (unpaired) electrons. The number of nitrogens with one attached hydrogen (secondary N) is 2. The highest BCUT2D eigenvalue weighted by molar-refractivity contribution is 6.02. The Morgan fingerprint density at radius 2 is 1.90 bits per heavy atom. The number of rotatable bonds is 5. The summed E-state index contributed by atoms with van der Waals surface area (Å²) >= 11 is 0. The fraction of sp³-hybridized carbons (Fsp3) is 0.188. The van der Waals surface area contributed by atoms with Gasteiger partial charge in [-0.05, 0) is 36.8 Å². The van der Waals surface area contributed by atoms with Gasteiger partial charge >= 0.3 is 0 Å². The molecule has 0 atom stereocenters. The highest BCUT2D eigenvalue weighted by atomic mass is 16.1. The van der Waals surface area contributed by atoms with Crippen molar-refractivity contribution in [2.45, 2.75) is 13.3 Å². The van der Waals surface area contributed by atoms with Crippen molar-refractivity contribution in [1.29, 1.82) is 5.26 Å². The smallest absolute Gasteiger partial charge is 0.274 e. The van der Waals surface area contributed by atoms with Gasteiger partial charge in [-0.2, -0.15) is 5.26 Å². The number of pyridine rings is 1. The van der Waals surface area contributed by atoms with Gasteiger partial charge in [0.15, 0.2) is 0 Å². The molecule has 0 aliphatic heterocycles. The maximum absolute atomic E-state index is 12.0. The number of anilines is 2. The SMILES string of the molecule is CCNc1ccc(C(=O)Nc2ccc(CC#N)cc2)nc1. The minimum atomic E-state index is -0.258. The second-order valence-electron chi connectivity index (χ2n) is 4.45. The van der Waals surface area contributed by atoms with E-state index in [-0.39, 0.29) is 5.91 Å². The van der Waals surface area contributed by atoms with Crippen molar-refractivity contribution in [3.05, 3.63) is 53.9 Å². The van der Waals surface area contributed by atoms with E-state index in [0.717, 1.165) is 17.8 Å². The van der Waals surface area contributed by atoms with E-state index in [1.54, 1.807) is 24.4 Å². The third-order valence-electron chi connectivity index (χ3n) is 2.87. The number of nitrogens with zero attached hydrogens (tertiary/aromatic N) is 2. The van der Waals surface area contributed by atoms with Crippen LogP contribution in [0.5, 0.6) is 0 Å². The third-order valence-corrected chi connectivity index (χ3v) is 2.87. The Morgan fingerprint density at radius 1 is 1.19 bits per heavy atom. The van der Waals surface area contributed by atoms with Crippen molar-refractivity contribution in [2.75, 3.05) is 17.2 Å². The molecule has 0 fully saturated rings. The molecule has 2 N–H and O–H groups in total. The Bertz CT molecular complexity index is 641. The van der Waals surface area contributed by atoms with Crippen molar-refractivity contribution in [1.82, 2.24) is 4.98 Å². The molecule has 0 bridgehead atoms. The average Bonchev–Trinajstić information content (AvgIpc) is 2.50. The summed E-state index contributed by atoms with van der Waals surface area (Å²) in [5.41, 5.74) is 2.84. The number of aromatic nitrogens is 1. The summed E-state index contributed by atoms with van der Waals surface area (Å²) in [6.45, 7) is 2.80.